The van der Waals surface area contributed by atoms with Crippen molar-refractivity contribution in [2.45, 2.75) is 49.8 Å². The maximum absolute atomic E-state index is 14.0. The van der Waals surface area contributed by atoms with Crippen LogP contribution < -0.4 is 5.32 Å². The van der Waals surface area contributed by atoms with Crippen LogP contribution in [0.3, 0.4) is 0 Å². The third kappa shape index (κ3) is 4.20. The second kappa shape index (κ2) is 7.74. The molecule has 0 spiro atoms. The van der Waals surface area contributed by atoms with Crippen molar-refractivity contribution in [2.75, 3.05) is 5.32 Å². The fourth-order valence-corrected chi connectivity index (χ4v) is 4.88. The molecule has 4 nitrogen and oxygen atoms in total. The smallest absolute Gasteiger partial charge is 0.322 e. The number of hydrogen-bond acceptors (Lipinski definition) is 2. The average molecular weight is 441 g/mol. The number of anilines is 1. The molecule has 2 unspecified atom stereocenters. The van der Waals surface area contributed by atoms with Gasteiger partial charge in [-0.1, -0.05) is 29.3 Å². The Morgan fingerprint density at radius 2 is 1.79 bits per heavy atom. The predicted molar refractivity (Wildman–Crippen MR) is 108 cm³/mol. The van der Waals surface area contributed by atoms with Crippen LogP contribution in [0.25, 0.3) is 0 Å². The molecule has 2 heterocycles. The van der Waals surface area contributed by atoms with Gasteiger partial charge in [0, 0.05) is 30.3 Å². The SMILES string of the molecule is O=C(Nc1ccc(Cl)c(Cl)c1)N1C2CCC1CC(O)(Cc1ccc(F)cc1F)C2. The maximum atomic E-state index is 14.0. The number of halogens is 4. The summed E-state index contributed by atoms with van der Waals surface area (Å²) >= 11 is 11.9. The van der Waals surface area contributed by atoms with Crippen molar-refractivity contribution in [3.05, 3.63) is 63.6 Å². The van der Waals surface area contributed by atoms with Gasteiger partial charge >= 0.3 is 6.03 Å². The maximum Gasteiger partial charge on any atom is 0.322 e. The molecule has 0 aliphatic carbocycles. The van der Waals surface area contributed by atoms with Crippen LogP contribution in [-0.4, -0.2) is 33.7 Å². The first-order chi connectivity index (χ1) is 13.7. The summed E-state index contributed by atoms with van der Waals surface area (Å²) in [5.41, 5.74) is -0.315. The molecule has 4 rings (SSSR count). The number of rotatable bonds is 3. The number of nitrogens with zero attached hydrogens (tertiary/aromatic N) is 1. The molecule has 2 N–H and O–H groups in total. The minimum Gasteiger partial charge on any atom is -0.389 e. The molecule has 0 saturated carbocycles. The van der Waals surface area contributed by atoms with Crippen molar-refractivity contribution in [3.8, 4) is 0 Å². The molecule has 2 aliphatic heterocycles. The highest BCUT2D eigenvalue weighted by Gasteiger charge is 2.49. The zero-order chi connectivity index (χ0) is 20.8. The van der Waals surface area contributed by atoms with Gasteiger partial charge in [-0.15, -0.1) is 0 Å². The summed E-state index contributed by atoms with van der Waals surface area (Å²) in [6.45, 7) is 0. The van der Waals surface area contributed by atoms with E-state index in [1.54, 1.807) is 23.1 Å². The first kappa shape index (κ1) is 20.4. The number of piperidine rings is 1. The number of amides is 2. The molecule has 2 amide bonds. The summed E-state index contributed by atoms with van der Waals surface area (Å²) in [5.74, 6) is -1.31. The van der Waals surface area contributed by atoms with Gasteiger partial charge < -0.3 is 15.3 Å². The van der Waals surface area contributed by atoms with Crippen molar-refractivity contribution in [1.29, 1.82) is 0 Å². The molecule has 2 atom stereocenters. The molecule has 2 aliphatic rings. The number of hydrogen-bond donors (Lipinski definition) is 2. The highest BCUT2D eigenvalue weighted by Crippen LogP contribution is 2.43. The molecule has 2 aromatic carbocycles. The van der Waals surface area contributed by atoms with Crippen LogP contribution in [0.5, 0.6) is 0 Å². The van der Waals surface area contributed by atoms with Gasteiger partial charge in [0.2, 0.25) is 0 Å². The highest BCUT2D eigenvalue weighted by molar-refractivity contribution is 6.42. The van der Waals surface area contributed by atoms with E-state index >= 15 is 0 Å². The number of nitrogens with one attached hydrogen (secondary N) is 1. The third-order valence-electron chi connectivity index (χ3n) is 5.79. The summed E-state index contributed by atoms with van der Waals surface area (Å²) in [6.07, 6.45) is 2.32. The van der Waals surface area contributed by atoms with Crippen molar-refractivity contribution in [3.63, 3.8) is 0 Å². The Labute approximate surface area is 177 Å². The van der Waals surface area contributed by atoms with Crippen LogP contribution in [0.15, 0.2) is 36.4 Å². The minimum atomic E-state index is -1.13. The Kier molecular flexibility index (Phi) is 5.44. The molecule has 29 heavy (non-hydrogen) atoms. The van der Waals surface area contributed by atoms with E-state index in [1.165, 1.54) is 12.1 Å². The van der Waals surface area contributed by atoms with Gasteiger partial charge in [0.05, 0.1) is 15.6 Å². The van der Waals surface area contributed by atoms with Crippen LogP contribution >= 0.6 is 23.2 Å². The Morgan fingerprint density at radius 1 is 1.10 bits per heavy atom. The summed E-state index contributed by atoms with van der Waals surface area (Å²) in [5, 5.41) is 14.7. The molecule has 154 valence electrons. The van der Waals surface area contributed by atoms with E-state index in [0.29, 0.717) is 28.6 Å². The van der Waals surface area contributed by atoms with Crippen LogP contribution in [-0.2, 0) is 6.42 Å². The Morgan fingerprint density at radius 3 is 2.41 bits per heavy atom. The largest absolute Gasteiger partial charge is 0.389 e. The van der Waals surface area contributed by atoms with E-state index in [4.69, 9.17) is 23.2 Å². The molecule has 2 bridgehead atoms. The summed E-state index contributed by atoms with van der Waals surface area (Å²) in [4.78, 5) is 14.6. The lowest BCUT2D eigenvalue weighted by atomic mass is 9.81. The lowest BCUT2D eigenvalue weighted by molar-refractivity contribution is -0.0372. The zero-order valence-electron chi connectivity index (χ0n) is 15.5. The van der Waals surface area contributed by atoms with E-state index in [2.05, 4.69) is 5.32 Å². The van der Waals surface area contributed by atoms with Gasteiger partial charge in [0.25, 0.3) is 0 Å². The third-order valence-corrected chi connectivity index (χ3v) is 6.53. The standard InChI is InChI=1S/C21H20Cl2F2N2O2/c22-17-6-3-14(8-18(17)23)26-20(28)27-15-4-5-16(27)11-21(29,10-15)9-12-1-2-13(24)7-19(12)25/h1-3,6-8,15-16,29H,4-5,9-11H2,(H,26,28). The molecular formula is C21H20Cl2F2N2O2. The Hall–Kier alpha value is -1.89. The Bertz CT molecular complexity index is 942. The molecule has 0 radical (unpaired) electrons. The van der Waals surface area contributed by atoms with Crippen molar-refractivity contribution < 1.29 is 18.7 Å². The Balaban J connectivity index is 1.46. The predicted octanol–water partition coefficient (Wildman–Crippen LogP) is 5.40. The number of carbonyl (C=O) groups is 1. The molecular weight excluding hydrogens is 421 g/mol. The number of fused-ring (bicyclic) bond motifs is 2. The van der Waals surface area contributed by atoms with Gasteiger partial charge in [-0.3, -0.25) is 0 Å². The molecule has 2 saturated heterocycles. The van der Waals surface area contributed by atoms with Crippen molar-refractivity contribution in [2.24, 2.45) is 0 Å². The summed E-state index contributed by atoms with van der Waals surface area (Å²) in [6, 6.07) is 7.70. The van der Waals surface area contributed by atoms with Gasteiger partial charge in [0.15, 0.2) is 0 Å². The number of urea groups is 1. The lowest BCUT2D eigenvalue weighted by Crippen LogP contribution is -2.55. The summed E-state index contributed by atoms with van der Waals surface area (Å²) < 4.78 is 27.2. The second-order valence-corrected chi connectivity index (χ2v) is 8.71. The van der Waals surface area contributed by atoms with Gasteiger partial charge in [0.1, 0.15) is 11.6 Å². The van der Waals surface area contributed by atoms with Crippen molar-refractivity contribution in [1.82, 2.24) is 4.90 Å². The summed E-state index contributed by atoms with van der Waals surface area (Å²) in [7, 11) is 0. The van der Waals surface area contributed by atoms with Crippen LogP contribution in [0, 0.1) is 11.6 Å². The van der Waals surface area contributed by atoms with Crippen molar-refractivity contribution >= 4 is 34.9 Å². The van der Waals surface area contributed by atoms with Gasteiger partial charge in [-0.05, 0) is 55.5 Å². The number of benzene rings is 2. The monoisotopic (exact) mass is 440 g/mol. The molecule has 8 heteroatoms. The first-order valence-electron chi connectivity index (χ1n) is 9.45. The molecule has 2 fully saturated rings. The van der Waals surface area contributed by atoms with E-state index in [-0.39, 0.29) is 30.1 Å². The topological polar surface area (TPSA) is 52.6 Å². The normalized spacial score (nSPS) is 25.9. The van der Waals surface area contributed by atoms with E-state index in [0.717, 1.165) is 18.9 Å². The molecule has 2 aromatic rings. The lowest BCUT2D eigenvalue weighted by Gasteiger charge is -2.43. The van der Waals surface area contributed by atoms with E-state index < -0.39 is 17.2 Å². The number of aliphatic hydroxyl groups is 1. The highest BCUT2D eigenvalue weighted by atomic mass is 35.5. The van der Waals surface area contributed by atoms with Gasteiger partial charge in [-0.2, -0.15) is 0 Å². The van der Waals surface area contributed by atoms with Crippen LogP contribution in [0.4, 0.5) is 19.3 Å². The quantitative estimate of drug-likeness (QED) is 0.670. The second-order valence-electron chi connectivity index (χ2n) is 7.90. The van der Waals surface area contributed by atoms with Gasteiger partial charge in [-0.25, -0.2) is 13.6 Å². The van der Waals surface area contributed by atoms with Crippen LogP contribution in [0.1, 0.15) is 31.2 Å². The van der Waals surface area contributed by atoms with E-state index in [1.807, 2.05) is 0 Å². The fraction of sp³-hybridized carbons (Fsp3) is 0.381. The minimum absolute atomic E-state index is 0.0916. The molecule has 0 aromatic heterocycles. The average Bonchev–Trinajstić information content (AvgIpc) is 2.93. The zero-order valence-corrected chi connectivity index (χ0v) is 17.0. The van der Waals surface area contributed by atoms with E-state index in [9.17, 15) is 18.7 Å². The first-order valence-corrected chi connectivity index (χ1v) is 10.2. The fourth-order valence-electron chi connectivity index (χ4n) is 4.58. The van der Waals surface area contributed by atoms with Crippen LogP contribution in [0.2, 0.25) is 10.0 Å². The number of carbonyl (C=O) groups excluding carboxylic acids is 1.